The number of carbonyl (C=O) groups is 1. The SMILES string of the molecule is COc1cnc2c(-c3nc4cc(F)c(O[C@@H](C)[C@@H](C)OC(=O)Nc5cnc(CO)nc5)nc4s3)cc(C)cc2n1. The number of aryl methyl sites for hydroxylation is 1. The molecule has 12 nitrogen and oxygen atoms in total. The van der Waals surface area contributed by atoms with Gasteiger partial charge >= 0.3 is 6.09 Å². The number of halogens is 1. The van der Waals surface area contributed by atoms with Crippen molar-refractivity contribution in [2.45, 2.75) is 39.6 Å². The van der Waals surface area contributed by atoms with Crippen LogP contribution in [0.3, 0.4) is 0 Å². The van der Waals surface area contributed by atoms with Gasteiger partial charge in [-0.3, -0.25) is 5.32 Å². The van der Waals surface area contributed by atoms with Crippen molar-refractivity contribution in [2.75, 3.05) is 12.4 Å². The van der Waals surface area contributed by atoms with Crippen molar-refractivity contribution >= 4 is 44.5 Å². The maximum atomic E-state index is 15.0. The van der Waals surface area contributed by atoms with Gasteiger partial charge in [-0.15, -0.1) is 0 Å². The van der Waals surface area contributed by atoms with Crippen LogP contribution in [0.1, 0.15) is 25.2 Å². The Morgan fingerprint density at radius 2 is 1.82 bits per heavy atom. The number of hydrogen-bond donors (Lipinski definition) is 2. The van der Waals surface area contributed by atoms with Crippen LogP contribution in [0.25, 0.3) is 32.0 Å². The minimum absolute atomic E-state index is 0.218. The number of hydrogen-bond acceptors (Lipinski definition) is 12. The van der Waals surface area contributed by atoms with Crippen LogP contribution < -0.4 is 14.8 Å². The first-order valence-electron chi connectivity index (χ1n) is 12.1. The number of methoxy groups -OCH3 is 1. The Kier molecular flexibility index (Phi) is 7.62. The lowest BCUT2D eigenvalue weighted by atomic mass is 10.1. The molecule has 0 radical (unpaired) electrons. The molecule has 0 unspecified atom stereocenters. The predicted molar refractivity (Wildman–Crippen MR) is 145 cm³/mol. The van der Waals surface area contributed by atoms with Crippen molar-refractivity contribution < 1.29 is 28.5 Å². The molecule has 0 saturated heterocycles. The topological polar surface area (TPSA) is 154 Å². The largest absolute Gasteiger partial charge is 0.480 e. The van der Waals surface area contributed by atoms with E-state index in [0.29, 0.717) is 32.3 Å². The molecule has 4 aromatic heterocycles. The molecule has 2 N–H and O–H groups in total. The maximum absolute atomic E-state index is 15.0. The minimum Gasteiger partial charge on any atom is -0.480 e. The number of ether oxygens (including phenoxy) is 3. The number of aliphatic hydroxyl groups is 1. The number of aliphatic hydroxyl groups excluding tert-OH is 1. The standard InChI is InChI=1S/C26H24FN7O5S/c1-12-5-16(22-18(6-12)32-21(37-4)10-30-22)24-33-19-7-17(27)23(34-25(19)40-24)38-13(2)14(3)39-26(36)31-15-8-28-20(11-35)29-9-15/h5-10,13-14,35H,11H2,1-4H3,(H,31,36)/t13-,14+/m0/s1. The summed E-state index contributed by atoms with van der Waals surface area (Å²) >= 11 is 1.27. The van der Waals surface area contributed by atoms with Crippen LogP contribution in [0, 0.1) is 12.7 Å². The van der Waals surface area contributed by atoms with Crippen molar-refractivity contribution in [3.63, 3.8) is 0 Å². The van der Waals surface area contributed by atoms with Gasteiger partial charge < -0.3 is 19.3 Å². The number of fused-ring (bicyclic) bond motifs is 2. The summed E-state index contributed by atoms with van der Waals surface area (Å²) < 4.78 is 31.2. The number of rotatable bonds is 8. The second-order valence-corrected chi connectivity index (χ2v) is 9.79. The molecule has 40 heavy (non-hydrogen) atoms. The third-order valence-corrected chi connectivity index (χ3v) is 6.86. The number of benzene rings is 1. The minimum atomic E-state index is -0.773. The van der Waals surface area contributed by atoms with Crippen molar-refractivity contribution in [3.05, 3.63) is 54.0 Å². The van der Waals surface area contributed by atoms with Gasteiger partial charge in [-0.25, -0.2) is 34.1 Å². The van der Waals surface area contributed by atoms with E-state index in [1.54, 1.807) is 13.8 Å². The van der Waals surface area contributed by atoms with Gasteiger partial charge in [0.2, 0.25) is 5.88 Å². The molecular formula is C26H24FN7O5S. The highest BCUT2D eigenvalue weighted by molar-refractivity contribution is 7.21. The number of pyridine rings is 1. The Hall–Kier alpha value is -4.56. The van der Waals surface area contributed by atoms with Gasteiger partial charge in [0, 0.05) is 11.6 Å². The smallest absolute Gasteiger partial charge is 0.412 e. The van der Waals surface area contributed by atoms with Crippen molar-refractivity contribution in [2.24, 2.45) is 0 Å². The molecule has 1 amide bonds. The van der Waals surface area contributed by atoms with Crippen molar-refractivity contribution in [3.8, 4) is 22.3 Å². The molecule has 5 aromatic rings. The lowest BCUT2D eigenvalue weighted by Crippen LogP contribution is -2.33. The zero-order valence-electron chi connectivity index (χ0n) is 21.9. The van der Waals surface area contributed by atoms with E-state index in [2.05, 4.69) is 35.2 Å². The van der Waals surface area contributed by atoms with Gasteiger partial charge in [-0.1, -0.05) is 11.3 Å². The van der Waals surface area contributed by atoms with Crippen LogP contribution in [-0.4, -0.2) is 60.4 Å². The Labute approximate surface area is 231 Å². The first-order chi connectivity index (χ1) is 19.2. The first kappa shape index (κ1) is 27.0. The molecule has 0 spiro atoms. The summed E-state index contributed by atoms with van der Waals surface area (Å²) in [5.74, 6) is -0.324. The molecule has 2 atom stereocenters. The number of nitrogens with zero attached hydrogens (tertiary/aromatic N) is 6. The fraction of sp³-hybridized carbons (Fsp3) is 0.269. The lowest BCUT2D eigenvalue weighted by Gasteiger charge is -2.21. The third-order valence-electron chi connectivity index (χ3n) is 5.86. The first-order valence-corrected chi connectivity index (χ1v) is 12.9. The number of anilines is 1. The molecule has 0 aliphatic carbocycles. The molecule has 0 aliphatic heterocycles. The highest BCUT2D eigenvalue weighted by Gasteiger charge is 2.23. The number of carbonyl (C=O) groups excluding carboxylic acids is 1. The zero-order chi connectivity index (χ0) is 28.4. The van der Waals surface area contributed by atoms with E-state index in [1.807, 2.05) is 19.1 Å². The molecule has 0 saturated carbocycles. The zero-order valence-corrected chi connectivity index (χ0v) is 22.7. The maximum Gasteiger partial charge on any atom is 0.412 e. The van der Waals surface area contributed by atoms with Gasteiger partial charge in [-0.05, 0) is 38.5 Å². The summed E-state index contributed by atoms with van der Waals surface area (Å²) in [6.07, 6.45) is 1.93. The predicted octanol–water partition coefficient (Wildman–Crippen LogP) is 4.44. The molecule has 0 fully saturated rings. The van der Waals surface area contributed by atoms with E-state index >= 15 is 0 Å². The van der Waals surface area contributed by atoms with Crippen molar-refractivity contribution in [1.82, 2.24) is 29.9 Å². The van der Waals surface area contributed by atoms with E-state index in [0.717, 1.165) is 11.1 Å². The highest BCUT2D eigenvalue weighted by Crippen LogP contribution is 2.35. The summed E-state index contributed by atoms with van der Waals surface area (Å²) in [6.45, 7) is 4.86. The number of amides is 1. The normalized spacial score (nSPS) is 12.8. The van der Waals surface area contributed by atoms with Crippen LogP contribution in [0.5, 0.6) is 11.8 Å². The Bertz CT molecular complexity index is 1700. The van der Waals surface area contributed by atoms with Crippen LogP contribution in [-0.2, 0) is 11.3 Å². The summed E-state index contributed by atoms with van der Waals surface area (Å²) in [4.78, 5) is 38.4. The van der Waals surface area contributed by atoms with Crippen LogP contribution in [0.4, 0.5) is 14.9 Å². The monoisotopic (exact) mass is 565 g/mol. The van der Waals surface area contributed by atoms with E-state index in [1.165, 1.54) is 43.1 Å². The van der Waals surface area contributed by atoms with E-state index in [-0.39, 0.29) is 24.0 Å². The van der Waals surface area contributed by atoms with E-state index in [4.69, 9.17) is 19.3 Å². The molecule has 4 heterocycles. The third kappa shape index (κ3) is 5.72. The summed E-state index contributed by atoms with van der Waals surface area (Å²) in [5.41, 5.74) is 3.64. The van der Waals surface area contributed by atoms with Crippen LogP contribution in [0.2, 0.25) is 0 Å². The average molecular weight is 566 g/mol. The Morgan fingerprint density at radius 1 is 1.05 bits per heavy atom. The van der Waals surface area contributed by atoms with Gasteiger partial charge in [0.1, 0.15) is 34.2 Å². The van der Waals surface area contributed by atoms with Crippen LogP contribution >= 0.6 is 11.3 Å². The quantitative estimate of drug-likeness (QED) is 0.274. The Balaban J connectivity index is 1.32. The van der Waals surface area contributed by atoms with Gasteiger partial charge in [0.15, 0.2) is 11.6 Å². The second-order valence-electron chi connectivity index (χ2n) is 8.82. The molecule has 1 aromatic carbocycles. The second kappa shape index (κ2) is 11.3. The average Bonchev–Trinajstić information content (AvgIpc) is 3.35. The summed E-state index contributed by atoms with van der Waals surface area (Å²) in [5, 5.41) is 12.1. The molecule has 5 rings (SSSR count). The van der Waals surface area contributed by atoms with Crippen molar-refractivity contribution in [1.29, 1.82) is 0 Å². The number of thiazole rings is 1. The number of nitrogens with one attached hydrogen (secondary N) is 1. The van der Waals surface area contributed by atoms with Gasteiger partial charge in [0.05, 0.1) is 42.4 Å². The summed E-state index contributed by atoms with van der Waals surface area (Å²) in [7, 11) is 1.53. The van der Waals surface area contributed by atoms with Gasteiger partial charge in [-0.2, -0.15) is 4.98 Å². The molecular weight excluding hydrogens is 541 g/mol. The lowest BCUT2D eigenvalue weighted by molar-refractivity contribution is 0.0379. The fourth-order valence-corrected chi connectivity index (χ4v) is 4.65. The highest BCUT2D eigenvalue weighted by atomic mass is 32.1. The Morgan fingerprint density at radius 3 is 2.55 bits per heavy atom. The summed E-state index contributed by atoms with van der Waals surface area (Å²) in [6, 6.07) is 5.09. The number of aromatic nitrogens is 6. The molecule has 206 valence electrons. The fourth-order valence-electron chi connectivity index (χ4n) is 3.72. The molecule has 0 bridgehead atoms. The van der Waals surface area contributed by atoms with E-state index < -0.39 is 24.1 Å². The van der Waals surface area contributed by atoms with Gasteiger partial charge in [0.25, 0.3) is 5.88 Å². The molecule has 0 aliphatic rings. The van der Waals surface area contributed by atoms with Crippen LogP contribution in [0.15, 0.2) is 36.8 Å². The molecule has 14 heteroatoms. The van der Waals surface area contributed by atoms with E-state index in [9.17, 15) is 9.18 Å².